The second-order valence-corrected chi connectivity index (χ2v) is 8.86. The molecule has 1 aromatic heterocycles. The van der Waals surface area contributed by atoms with Crippen LogP contribution >= 0.6 is 0 Å². The molecule has 0 bridgehead atoms. The molecule has 3 heterocycles. The number of aromatic nitrogens is 2. The average Bonchev–Trinajstić information content (AvgIpc) is 3.13. The second kappa shape index (κ2) is 8.23. The number of methoxy groups -OCH3 is 1. The van der Waals surface area contributed by atoms with Crippen LogP contribution in [-0.2, 0) is 28.7 Å². The van der Waals surface area contributed by atoms with Gasteiger partial charge in [0.05, 0.1) is 12.8 Å². The van der Waals surface area contributed by atoms with Crippen LogP contribution in [0, 0.1) is 17.8 Å². The van der Waals surface area contributed by atoms with Crippen LogP contribution in [0.25, 0.3) is 0 Å². The van der Waals surface area contributed by atoms with E-state index in [1.54, 1.807) is 4.90 Å². The average molecular weight is 427 g/mol. The van der Waals surface area contributed by atoms with Crippen molar-refractivity contribution in [2.45, 2.75) is 64.1 Å². The van der Waals surface area contributed by atoms with E-state index in [2.05, 4.69) is 4.98 Å². The number of carbonyl (C=O) groups is 2. The molecule has 3 unspecified atom stereocenters. The van der Waals surface area contributed by atoms with Crippen molar-refractivity contribution in [1.29, 1.82) is 0 Å². The summed E-state index contributed by atoms with van der Waals surface area (Å²) in [5.41, 5.74) is 0.419. The van der Waals surface area contributed by atoms with Gasteiger partial charge in [-0.2, -0.15) is 13.2 Å². The number of amides is 1. The van der Waals surface area contributed by atoms with Crippen molar-refractivity contribution in [1.82, 2.24) is 14.5 Å². The van der Waals surface area contributed by atoms with Crippen LogP contribution in [-0.4, -0.2) is 46.5 Å². The van der Waals surface area contributed by atoms with E-state index in [-0.39, 0.29) is 24.1 Å². The van der Waals surface area contributed by atoms with Crippen LogP contribution < -0.4 is 0 Å². The van der Waals surface area contributed by atoms with Crippen LogP contribution in [0.4, 0.5) is 13.2 Å². The largest absolute Gasteiger partial charge is 0.469 e. The van der Waals surface area contributed by atoms with Gasteiger partial charge in [-0.3, -0.25) is 9.59 Å². The maximum Gasteiger partial charge on any atom is 0.449 e. The van der Waals surface area contributed by atoms with Crippen molar-refractivity contribution < 1.29 is 27.5 Å². The highest BCUT2D eigenvalue weighted by Gasteiger charge is 2.42. The Hall–Kier alpha value is -2.06. The molecule has 6 nitrogen and oxygen atoms in total. The number of hydrogen-bond donors (Lipinski definition) is 0. The van der Waals surface area contributed by atoms with Crippen LogP contribution in [0.15, 0.2) is 0 Å². The number of ether oxygens (including phenoxy) is 1. The Morgan fingerprint density at radius 2 is 1.93 bits per heavy atom. The smallest absolute Gasteiger partial charge is 0.449 e. The van der Waals surface area contributed by atoms with Gasteiger partial charge in [-0.05, 0) is 62.7 Å². The highest BCUT2D eigenvalue weighted by Crippen LogP contribution is 2.41. The summed E-state index contributed by atoms with van der Waals surface area (Å²) in [6.07, 6.45) is 1.37. The first kappa shape index (κ1) is 21.2. The Bertz CT molecular complexity index is 820. The molecule has 3 aliphatic rings. The number of nitrogens with zero attached hydrogens (tertiary/aromatic N) is 3. The van der Waals surface area contributed by atoms with Crippen molar-refractivity contribution in [2.24, 2.45) is 17.8 Å². The molecule has 3 atom stereocenters. The number of halogens is 3. The summed E-state index contributed by atoms with van der Waals surface area (Å²) >= 11 is 0. The fourth-order valence-corrected chi connectivity index (χ4v) is 5.48. The fraction of sp³-hybridized carbons (Fsp3) is 0.762. The van der Waals surface area contributed by atoms with Crippen LogP contribution in [0.1, 0.15) is 67.0 Å². The molecule has 30 heavy (non-hydrogen) atoms. The van der Waals surface area contributed by atoms with Crippen molar-refractivity contribution in [3.8, 4) is 0 Å². The van der Waals surface area contributed by atoms with E-state index in [0.29, 0.717) is 55.8 Å². The molecular weight excluding hydrogens is 399 g/mol. The van der Waals surface area contributed by atoms with E-state index >= 15 is 0 Å². The molecule has 0 aromatic carbocycles. The lowest BCUT2D eigenvalue weighted by molar-refractivity contribution is -0.147. The fourth-order valence-electron chi connectivity index (χ4n) is 5.48. The van der Waals surface area contributed by atoms with Crippen molar-refractivity contribution >= 4 is 11.9 Å². The van der Waals surface area contributed by atoms with Crippen molar-refractivity contribution in [2.75, 3.05) is 20.2 Å². The van der Waals surface area contributed by atoms with E-state index in [9.17, 15) is 22.8 Å². The van der Waals surface area contributed by atoms with E-state index in [1.165, 1.54) is 11.7 Å². The number of fused-ring (bicyclic) bond motifs is 2. The number of likely N-dealkylation sites (tertiary alicyclic amines) is 1. The van der Waals surface area contributed by atoms with Crippen LogP contribution in [0.2, 0.25) is 0 Å². The Morgan fingerprint density at radius 1 is 1.13 bits per heavy atom. The Morgan fingerprint density at radius 3 is 2.67 bits per heavy atom. The lowest BCUT2D eigenvalue weighted by atomic mass is 9.70. The number of carbonyl (C=O) groups excluding carboxylic acids is 2. The SMILES string of the molecule is COC(=O)CC1CCC2CN(C(=O)c3nc(C(F)(F)F)n4c3CCCC4)CCC2C1. The number of piperidine rings is 1. The molecular formula is C21H28F3N3O3. The zero-order chi connectivity index (χ0) is 21.5. The molecule has 1 amide bonds. The van der Waals surface area contributed by atoms with Gasteiger partial charge in [0, 0.05) is 26.1 Å². The minimum absolute atomic E-state index is 0.0140. The van der Waals surface area contributed by atoms with Gasteiger partial charge >= 0.3 is 12.1 Å². The normalized spacial score (nSPS) is 26.7. The van der Waals surface area contributed by atoms with E-state index < -0.39 is 12.0 Å². The molecule has 1 saturated carbocycles. The highest BCUT2D eigenvalue weighted by molar-refractivity contribution is 5.93. The predicted octanol–water partition coefficient (Wildman–Crippen LogP) is 3.68. The number of esters is 1. The molecule has 0 spiro atoms. The summed E-state index contributed by atoms with van der Waals surface area (Å²) in [4.78, 5) is 30.2. The van der Waals surface area contributed by atoms with Gasteiger partial charge in [0.15, 0.2) is 0 Å². The van der Waals surface area contributed by atoms with E-state index in [0.717, 1.165) is 32.1 Å². The zero-order valence-electron chi connectivity index (χ0n) is 17.2. The van der Waals surface area contributed by atoms with E-state index in [4.69, 9.17) is 4.74 Å². The molecule has 1 aromatic rings. The third-order valence-electron chi connectivity index (χ3n) is 7.02. The third-order valence-corrected chi connectivity index (χ3v) is 7.02. The molecule has 1 saturated heterocycles. The summed E-state index contributed by atoms with van der Waals surface area (Å²) in [6.45, 7) is 1.34. The van der Waals surface area contributed by atoms with Gasteiger partial charge in [0.1, 0.15) is 5.69 Å². The monoisotopic (exact) mass is 427 g/mol. The second-order valence-electron chi connectivity index (χ2n) is 8.86. The summed E-state index contributed by atoms with van der Waals surface area (Å²) < 4.78 is 46.3. The predicted molar refractivity (Wildman–Crippen MR) is 102 cm³/mol. The highest BCUT2D eigenvalue weighted by atomic mass is 19.4. The maximum absolute atomic E-state index is 13.4. The van der Waals surface area contributed by atoms with Gasteiger partial charge in [-0.15, -0.1) is 0 Å². The van der Waals surface area contributed by atoms with Crippen molar-refractivity contribution in [3.05, 3.63) is 17.2 Å². The maximum atomic E-state index is 13.4. The number of hydrogen-bond acceptors (Lipinski definition) is 4. The lowest BCUT2D eigenvalue weighted by Gasteiger charge is -2.43. The molecule has 2 fully saturated rings. The third kappa shape index (κ3) is 4.07. The topological polar surface area (TPSA) is 64.4 Å². The Labute approximate surface area is 173 Å². The number of rotatable bonds is 3. The number of imidazole rings is 1. The van der Waals surface area contributed by atoms with Gasteiger partial charge in [0.2, 0.25) is 5.82 Å². The van der Waals surface area contributed by atoms with Gasteiger partial charge in [0.25, 0.3) is 5.91 Å². The molecule has 2 aliphatic heterocycles. The van der Waals surface area contributed by atoms with Crippen molar-refractivity contribution in [3.63, 3.8) is 0 Å². The van der Waals surface area contributed by atoms with Crippen LogP contribution in [0.5, 0.6) is 0 Å². The van der Waals surface area contributed by atoms with Crippen LogP contribution in [0.3, 0.4) is 0 Å². The van der Waals surface area contributed by atoms with E-state index in [1.807, 2.05) is 0 Å². The zero-order valence-corrected chi connectivity index (χ0v) is 17.2. The van der Waals surface area contributed by atoms with Gasteiger partial charge < -0.3 is 14.2 Å². The summed E-state index contributed by atoms with van der Waals surface area (Å²) in [5.74, 6) is -0.409. The minimum atomic E-state index is -4.56. The summed E-state index contributed by atoms with van der Waals surface area (Å²) in [5, 5.41) is 0. The first-order valence-corrected chi connectivity index (χ1v) is 10.8. The molecule has 4 rings (SSSR count). The Kier molecular flexibility index (Phi) is 5.81. The standard InChI is InChI=1S/C21H28F3N3O3/c1-30-17(28)11-13-5-6-15-12-26(9-7-14(15)10-13)19(29)18-16-4-2-3-8-27(16)20(25-18)21(22,23)24/h13-15H,2-12H2,1H3. The lowest BCUT2D eigenvalue weighted by Crippen LogP contribution is -2.46. The van der Waals surface area contributed by atoms with Gasteiger partial charge in [-0.1, -0.05) is 0 Å². The number of alkyl halides is 3. The summed E-state index contributed by atoms with van der Waals surface area (Å²) in [6, 6.07) is 0. The molecule has 0 radical (unpaired) electrons. The minimum Gasteiger partial charge on any atom is -0.469 e. The van der Waals surface area contributed by atoms with Gasteiger partial charge in [-0.25, -0.2) is 4.98 Å². The summed E-state index contributed by atoms with van der Waals surface area (Å²) in [7, 11) is 1.40. The molecule has 0 N–H and O–H groups in total. The quantitative estimate of drug-likeness (QED) is 0.691. The first-order chi connectivity index (χ1) is 14.3. The molecule has 166 valence electrons. The molecule has 9 heteroatoms. The Balaban J connectivity index is 1.46. The molecule has 1 aliphatic carbocycles. The first-order valence-electron chi connectivity index (χ1n) is 10.8.